The van der Waals surface area contributed by atoms with Gasteiger partial charge in [0.05, 0.1) is 56.9 Å². The number of aromatic nitrogens is 8. The van der Waals surface area contributed by atoms with Crippen LogP contribution < -0.4 is 55.0 Å². The zero-order valence-electron chi connectivity index (χ0n) is 34.7. The van der Waals surface area contributed by atoms with Crippen molar-refractivity contribution >= 4 is 23.5 Å². The van der Waals surface area contributed by atoms with Gasteiger partial charge in [0.15, 0.2) is 40.3 Å². The van der Waals surface area contributed by atoms with Crippen LogP contribution in [0.4, 0.5) is 5.95 Å². The first kappa shape index (κ1) is 44.5. The Bertz CT molecular complexity index is 2680. The van der Waals surface area contributed by atoms with Crippen LogP contribution in [0.5, 0.6) is 46.0 Å². The first-order valence-corrected chi connectivity index (χ1v) is 17.8. The largest absolute Gasteiger partial charge is 0.497 e. The summed E-state index contributed by atoms with van der Waals surface area (Å²) in [6.45, 7) is 0. The van der Waals surface area contributed by atoms with Crippen molar-refractivity contribution in [1.29, 1.82) is 0 Å². The van der Waals surface area contributed by atoms with Gasteiger partial charge < -0.3 is 54.6 Å². The lowest BCUT2D eigenvalue weighted by molar-refractivity contribution is -0.131. The lowest BCUT2D eigenvalue weighted by atomic mass is 10.1. The van der Waals surface area contributed by atoms with Crippen molar-refractivity contribution in [3.8, 4) is 80.0 Å². The van der Waals surface area contributed by atoms with Crippen molar-refractivity contribution in [1.82, 2.24) is 39.7 Å². The number of Topliss-reactive ketones (excluding diaryl/α,β-unsaturated/α-hetero) is 1. The lowest BCUT2D eigenvalue weighted by Crippen LogP contribution is -2.15. The van der Waals surface area contributed by atoms with E-state index in [0.717, 1.165) is 0 Å². The highest BCUT2D eigenvalue weighted by Gasteiger charge is 2.21. The number of nitrogens with one attached hydrogen (secondary N) is 1. The van der Waals surface area contributed by atoms with Gasteiger partial charge in [0, 0.05) is 22.3 Å². The first-order chi connectivity index (χ1) is 29.9. The standard InChI is InChI=1S/C20H19N5O5.C11H15N5O3.C9H8O4/c1-27-13-7-5-11(6-8-13)16-19(26)21-20-23-22-18(25(20)24-16)12-9-14(28-2)17(30-4)15(10-12)29-3;1-17-7-4-6(5-8(18-2)9(7)19-3)10-14-15-11(12)16(10)13;1-13-7-4-2-6(3-5-7)8(10)9(11)12/h5-10H,1-4H3,(H,21,23,26);4-5H,13H2,1-3H3,(H2,12,15);2-5H,1H3,(H,11,12). The van der Waals surface area contributed by atoms with E-state index in [9.17, 15) is 14.4 Å². The zero-order valence-corrected chi connectivity index (χ0v) is 34.7. The highest BCUT2D eigenvalue weighted by atomic mass is 16.5. The number of hydrogen-bond acceptors (Lipinski definition) is 18. The normalized spacial score (nSPS) is 10.3. The molecular formula is C40H42N10O12. The molecule has 0 saturated carbocycles. The number of nitrogen functional groups attached to an aromatic ring is 2. The average molecular weight is 855 g/mol. The van der Waals surface area contributed by atoms with E-state index in [1.54, 1.807) is 55.6 Å². The van der Waals surface area contributed by atoms with Gasteiger partial charge in [0.2, 0.25) is 17.4 Å². The minimum atomic E-state index is -1.45. The highest BCUT2D eigenvalue weighted by molar-refractivity contribution is 6.39. The summed E-state index contributed by atoms with van der Waals surface area (Å²) >= 11 is 0. The predicted octanol–water partition coefficient (Wildman–Crippen LogP) is 3.41. The second-order valence-electron chi connectivity index (χ2n) is 12.2. The second kappa shape index (κ2) is 19.9. The molecule has 0 spiro atoms. The molecule has 0 aliphatic carbocycles. The number of carbonyl (C=O) groups is 2. The number of methoxy groups -OCH3 is 8. The minimum Gasteiger partial charge on any atom is -0.497 e. The molecule has 4 aromatic carbocycles. The molecule has 22 nitrogen and oxygen atoms in total. The Morgan fingerprint density at radius 2 is 1.05 bits per heavy atom. The van der Waals surface area contributed by atoms with Crippen LogP contribution in [0.3, 0.4) is 0 Å². The summed E-state index contributed by atoms with van der Waals surface area (Å²) in [6.07, 6.45) is 0. The SMILES string of the molecule is COc1cc(-c2nnc(N)n2N)cc(OC)c1OC.COc1ccc(-c2nn3c(-c4cc(OC)c(OC)c(OC)c4)nnc3[nH]c2=O)cc1.COc1ccc(C(=O)C(=O)O)cc1. The Hall–Kier alpha value is -8.56. The van der Waals surface area contributed by atoms with Crippen LogP contribution >= 0.6 is 0 Å². The second-order valence-corrected chi connectivity index (χ2v) is 12.2. The Morgan fingerprint density at radius 1 is 0.597 bits per heavy atom. The number of carboxylic acids is 1. The number of nitrogens with two attached hydrogens (primary N) is 2. The van der Waals surface area contributed by atoms with Gasteiger partial charge in [-0.25, -0.2) is 9.47 Å². The van der Waals surface area contributed by atoms with Crippen LogP contribution in [0, 0.1) is 0 Å². The molecule has 0 bridgehead atoms. The molecule has 0 fully saturated rings. The van der Waals surface area contributed by atoms with Crippen molar-refractivity contribution in [2.75, 3.05) is 68.5 Å². The number of ketones is 1. The molecule has 0 unspecified atom stereocenters. The molecule has 7 aromatic rings. The van der Waals surface area contributed by atoms with Crippen molar-refractivity contribution in [2.45, 2.75) is 0 Å². The van der Waals surface area contributed by atoms with Crippen LogP contribution in [0.25, 0.3) is 39.8 Å². The quantitative estimate of drug-likeness (QED) is 0.0734. The molecule has 0 saturated heterocycles. The van der Waals surface area contributed by atoms with Crippen LogP contribution in [0.1, 0.15) is 10.4 Å². The Kier molecular flexibility index (Phi) is 14.3. The van der Waals surface area contributed by atoms with E-state index in [4.69, 9.17) is 54.6 Å². The van der Waals surface area contributed by atoms with Gasteiger partial charge in [-0.2, -0.15) is 9.61 Å². The molecule has 7 rings (SSSR count). The number of anilines is 1. The fraction of sp³-hybridized carbons (Fsp3) is 0.200. The summed E-state index contributed by atoms with van der Waals surface area (Å²) < 4.78 is 44.6. The molecule has 0 radical (unpaired) electrons. The van der Waals surface area contributed by atoms with Crippen molar-refractivity contribution in [2.24, 2.45) is 0 Å². The number of rotatable bonds is 13. The number of carbonyl (C=O) groups excluding carboxylic acids is 1. The maximum absolute atomic E-state index is 12.5. The Morgan fingerprint density at radius 3 is 1.45 bits per heavy atom. The van der Waals surface area contributed by atoms with Crippen molar-refractivity contribution < 1.29 is 52.6 Å². The third-order valence-corrected chi connectivity index (χ3v) is 8.76. The van der Waals surface area contributed by atoms with E-state index < -0.39 is 11.8 Å². The fourth-order valence-corrected chi connectivity index (χ4v) is 5.66. The zero-order chi connectivity index (χ0) is 45.1. The number of hydrogen-bond donors (Lipinski definition) is 4. The lowest BCUT2D eigenvalue weighted by Gasteiger charge is -2.13. The number of benzene rings is 4. The number of carboxylic acid groups (broad SMARTS) is 1. The fourth-order valence-electron chi connectivity index (χ4n) is 5.66. The molecule has 0 aliphatic rings. The van der Waals surface area contributed by atoms with E-state index >= 15 is 0 Å². The molecule has 0 atom stereocenters. The van der Waals surface area contributed by atoms with Crippen LogP contribution in [-0.4, -0.2) is 113 Å². The van der Waals surface area contributed by atoms with Gasteiger partial charge in [0.25, 0.3) is 17.1 Å². The van der Waals surface area contributed by atoms with Gasteiger partial charge >= 0.3 is 5.97 Å². The average Bonchev–Trinajstić information content (AvgIpc) is 3.88. The summed E-state index contributed by atoms with van der Waals surface area (Å²) in [5, 5.41) is 28.7. The highest BCUT2D eigenvalue weighted by Crippen LogP contribution is 2.42. The van der Waals surface area contributed by atoms with Gasteiger partial charge in [0.1, 0.15) is 11.5 Å². The number of aromatic amines is 1. The minimum absolute atomic E-state index is 0.115. The molecule has 0 aliphatic heterocycles. The molecule has 3 aromatic heterocycles. The van der Waals surface area contributed by atoms with Crippen LogP contribution in [0.2, 0.25) is 0 Å². The monoisotopic (exact) mass is 854 g/mol. The van der Waals surface area contributed by atoms with Crippen molar-refractivity contribution in [3.63, 3.8) is 0 Å². The third kappa shape index (κ3) is 9.49. The number of H-pyrrole nitrogens is 1. The molecule has 6 N–H and O–H groups in total. The summed E-state index contributed by atoms with van der Waals surface area (Å²) in [7, 11) is 12.2. The number of ether oxygens (including phenoxy) is 8. The maximum Gasteiger partial charge on any atom is 0.377 e. The smallest absolute Gasteiger partial charge is 0.377 e. The van der Waals surface area contributed by atoms with E-state index in [1.807, 2.05) is 0 Å². The summed E-state index contributed by atoms with van der Waals surface area (Å²) in [5.41, 5.74) is 7.45. The molecule has 3 heterocycles. The van der Waals surface area contributed by atoms with Crippen molar-refractivity contribution in [3.05, 3.63) is 88.7 Å². The summed E-state index contributed by atoms with van der Waals surface area (Å²) in [4.78, 5) is 36.4. The molecule has 22 heteroatoms. The first-order valence-electron chi connectivity index (χ1n) is 17.8. The third-order valence-electron chi connectivity index (χ3n) is 8.76. The van der Waals surface area contributed by atoms with Gasteiger partial charge in [-0.1, -0.05) is 0 Å². The topological polar surface area (TPSA) is 287 Å². The summed E-state index contributed by atoms with van der Waals surface area (Å²) in [5.74, 6) is 8.63. The summed E-state index contributed by atoms with van der Waals surface area (Å²) in [6, 6.07) is 19.8. The number of fused-ring (bicyclic) bond motifs is 1. The Balaban J connectivity index is 0.000000194. The Labute approximate surface area is 352 Å². The number of aliphatic carboxylic acids is 1. The molecular weight excluding hydrogens is 812 g/mol. The maximum atomic E-state index is 12.5. The predicted molar refractivity (Wildman–Crippen MR) is 223 cm³/mol. The van der Waals surface area contributed by atoms with E-state index in [0.29, 0.717) is 74.3 Å². The van der Waals surface area contributed by atoms with E-state index in [-0.39, 0.29) is 28.5 Å². The van der Waals surface area contributed by atoms with Crippen LogP contribution in [0.15, 0.2) is 77.6 Å². The molecule has 0 amide bonds. The number of nitrogens with zero attached hydrogens (tertiary/aromatic N) is 7. The molecule has 62 heavy (non-hydrogen) atoms. The van der Waals surface area contributed by atoms with Gasteiger partial charge in [-0.3, -0.25) is 14.6 Å². The van der Waals surface area contributed by atoms with Crippen LogP contribution in [-0.2, 0) is 4.79 Å². The van der Waals surface area contributed by atoms with E-state index in [2.05, 4.69) is 30.5 Å². The van der Waals surface area contributed by atoms with Gasteiger partial charge in [-0.05, 0) is 72.8 Å². The van der Waals surface area contributed by atoms with Gasteiger partial charge in [-0.15, -0.1) is 20.4 Å². The van der Waals surface area contributed by atoms with E-state index in [1.165, 1.54) is 83.2 Å². The molecule has 324 valence electrons.